The Morgan fingerprint density at radius 1 is 1.15 bits per heavy atom. The van der Waals surface area contributed by atoms with Crippen molar-refractivity contribution in [1.82, 2.24) is 24.5 Å². The van der Waals surface area contributed by atoms with Gasteiger partial charge in [-0.05, 0) is 24.0 Å². The number of unbranched alkanes of at least 4 members (excludes halogenated alkanes) is 2. The summed E-state index contributed by atoms with van der Waals surface area (Å²) >= 11 is 0. The Bertz CT molecular complexity index is 1180. The Kier molecular flexibility index (Phi) is 7.17. The van der Waals surface area contributed by atoms with Gasteiger partial charge >= 0.3 is 5.69 Å². The number of aryl methyl sites for hydroxylation is 1. The maximum Gasteiger partial charge on any atom is 0.330 e. The Hall–Kier alpha value is -3.08. The van der Waals surface area contributed by atoms with Crippen molar-refractivity contribution in [3.8, 4) is 11.3 Å². The molecular weight excluding hydrogens is 426 g/mol. The largest absolute Gasteiger partial charge is 0.394 e. The minimum atomic E-state index is -0.902. The van der Waals surface area contributed by atoms with Gasteiger partial charge in [0.15, 0.2) is 0 Å². The number of ether oxygens (including phenoxy) is 1. The Morgan fingerprint density at radius 3 is 2.61 bits per heavy atom. The topological polar surface area (TPSA) is 135 Å². The van der Waals surface area contributed by atoms with E-state index >= 15 is 0 Å². The Morgan fingerprint density at radius 2 is 1.91 bits per heavy atom. The average molecular weight is 456 g/mol. The summed E-state index contributed by atoms with van der Waals surface area (Å²) < 4.78 is 8.38. The van der Waals surface area contributed by atoms with Crippen LogP contribution in [-0.2, 0) is 17.7 Å². The zero-order valence-electron chi connectivity index (χ0n) is 18.6. The Labute approximate surface area is 190 Å². The highest BCUT2D eigenvalue weighted by Crippen LogP contribution is 2.27. The van der Waals surface area contributed by atoms with Crippen LogP contribution in [0.5, 0.6) is 0 Å². The highest BCUT2D eigenvalue weighted by Gasteiger charge is 2.35. The molecule has 3 heterocycles. The number of aliphatic hydroxyl groups excluding tert-OH is 2. The molecule has 0 saturated carbocycles. The van der Waals surface area contributed by atoms with Gasteiger partial charge in [0.25, 0.3) is 5.56 Å². The molecule has 3 aromatic rings. The van der Waals surface area contributed by atoms with Gasteiger partial charge in [-0.25, -0.2) is 9.48 Å². The van der Waals surface area contributed by atoms with Gasteiger partial charge in [-0.1, -0.05) is 49.2 Å². The number of nitrogens with zero attached hydrogens (tertiary/aromatic N) is 4. The fraction of sp³-hybridized carbons (Fsp3) is 0.478. The number of benzene rings is 1. The summed E-state index contributed by atoms with van der Waals surface area (Å²) in [5, 5.41) is 27.5. The van der Waals surface area contributed by atoms with E-state index in [4.69, 9.17) is 4.74 Å². The van der Waals surface area contributed by atoms with Gasteiger partial charge in [0.2, 0.25) is 0 Å². The van der Waals surface area contributed by atoms with Gasteiger partial charge in [-0.3, -0.25) is 14.3 Å². The van der Waals surface area contributed by atoms with E-state index < -0.39 is 29.7 Å². The lowest BCUT2D eigenvalue weighted by Gasteiger charge is -2.14. The molecule has 4 rings (SSSR count). The summed E-state index contributed by atoms with van der Waals surface area (Å²) in [6.45, 7) is 2.32. The molecule has 1 aromatic carbocycles. The van der Waals surface area contributed by atoms with Crippen LogP contribution in [0.1, 0.15) is 50.0 Å². The van der Waals surface area contributed by atoms with Crippen molar-refractivity contribution in [3.05, 3.63) is 68.6 Å². The summed E-state index contributed by atoms with van der Waals surface area (Å²) in [6, 6.07) is 8.38. The fourth-order valence-corrected chi connectivity index (χ4v) is 4.01. The molecular formula is C23H29N5O5. The van der Waals surface area contributed by atoms with Gasteiger partial charge in [0.1, 0.15) is 18.0 Å². The molecule has 33 heavy (non-hydrogen) atoms. The van der Waals surface area contributed by atoms with Crippen molar-refractivity contribution in [2.45, 2.75) is 64.0 Å². The molecule has 1 fully saturated rings. The van der Waals surface area contributed by atoms with Crippen LogP contribution >= 0.6 is 0 Å². The van der Waals surface area contributed by atoms with E-state index in [1.165, 1.54) is 35.6 Å². The lowest BCUT2D eigenvalue weighted by atomic mass is 10.1. The third-order valence-electron chi connectivity index (χ3n) is 5.91. The van der Waals surface area contributed by atoms with Crippen molar-refractivity contribution >= 4 is 0 Å². The number of nitrogens with one attached hydrogen (secondary N) is 1. The minimum Gasteiger partial charge on any atom is -0.394 e. The second-order valence-corrected chi connectivity index (χ2v) is 8.40. The van der Waals surface area contributed by atoms with E-state index in [0.717, 1.165) is 12.0 Å². The normalized spacial score (nSPS) is 20.4. The van der Waals surface area contributed by atoms with Crippen LogP contribution in [0.15, 0.2) is 46.2 Å². The molecule has 0 amide bonds. The first kappa shape index (κ1) is 23.1. The third kappa shape index (κ3) is 5.29. The molecule has 1 aliphatic rings. The third-order valence-corrected chi connectivity index (χ3v) is 5.91. The monoisotopic (exact) mass is 455 g/mol. The number of aromatic nitrogens is 5. The molecule has 3 N–H and O–H groups in total. The molecule has 0 unspecified atom stereocenters. The number of aliphatic hydroxyl groups is 2. The van der Waals surface area contributed by atoms with E-state index in [-0.39, 0.29) is 18.6 Å². The standard InChI is InChI=1S/C23H29N5O5/c1-2-3-4-5-15-6-8-16(9-7-15)11-27-13-18(25-26-27)17-12-28(23(32)24-22(17)31)21-10-19(30)20(14-29)33-21/h6-9,12-13,19-21,29-30H,2-5,10-11,14H2,1H3,(H,24,31,32)/t19-,20+,21+/m0/s1. The summed E-state index contributed by atoms with van der Waals surface area (Å²) in [5.74, 6) is 0. The molecule has 176 valence electrons. The highest BCUT2D eigenvalue weighted by molar-refractivity contribution is 5.54. The maximum atomic E-state index is 12.4. The maximum absolute atomic E-state index is 12.4. The molecule has 1 aliphatic heterocycles. The molecule has 3 atom stereocenters. The van der Waals surface area contributed by atoms with Crippen LogP contribution in [0.3, 0.4) is 0 Å². The molecule has 1 saturated heterocycles. The molecule has 2 aromatic heterocycles. The smallest absolute Gasteiger partial charge is 0.330 e. The van der Waals surface area contributed by atoms with E-state index in [9.17, 15) is 19.8 Å². The van der Waals surface area contributed by atoms with Gasteiger partial charge in [0.05, 0.1) is 31.0 Å². The van der Waals surface area contributed by atoms with Crippen molar-refractivity contribution in [2.24, 2.45) is 0 Å². The van der Waals surface area contributed by atoms with Gasteiger partial charge in [-0.15, -0.1) is 5.10 Å². The minimum absolute atomic E-state index is 0.123. The molecule has 0 aliphatic carbocycles. The van der Waals surface area contributed by atoms with E-state index in [1.807, 2.05) is 0 Å². The first-order chi connectivity index (χ1) is 16.0. The Balaban J connectivity index is 1.50. The van der Waals surface area contributed by atoms with Crippen molar-refractivity contribution in [2.75, 3.05) is 6.61 Å². The predicted molar refractivity (Wildman–Crippen MR) is 121 cm³/mol. The van der Waals surface area contributed by atoms with Crippen LogP contribution in [0, 0.1) is 0 Å². The SMILES string of the molecule is CCCCCc1ccc(Cn2cc(-c3cn([C@H]4C[C@H](O)[C@@H](CO)O4)c(=O)[nH]c3=O)nn2)cc1. The van der Waals surface area contributed by atoms with E-state index in [2.05, 4.69) is 46.5 Å². The van der Waals surface area contributed by atoms with Gasteiger partial charge < -0.3 is 14.9 Å². The quantitative estimate of drug-likeness (QED) is 0.413. The first-order valence-electron chi connectivity index (χ1n) is 11.3. The van der Waals surface area contributed by atoms with Crippen molar-refractivity contribution < 1.29 is 14.9 Å². The van der Waals surface area contributed by atoms with E-state index in [0.29, 0.717) is 12.2 Å². The summed E-state index contributed by atoms with van der Waals surface area (Å²) in [7, 11) is 0. The number of aromatic amines is 1. The molecule has 10 nitrogen and oxygen atoms in total. The number of H-pyrrole nitrogens is 1. The molecule has 10 heteroatoms. The zero-order valence-corrected chi connectivity index (χ0v) is 18.6. The van der Waals surface area contributed by atoms with Crippen LogP contribution < -0.4 is 11.2 Å². The van der Waals surface area contributed by atoms with Crippen LogP contribution in [0.2, 0.25) is 0 Å². The van der Waals surface area contributed by atoms with E-state index in [1.54, 1.807) is 10.9 Å². The van der Waals surface area contributed by atoms with Gasteiger partial charge in [-0.2, -0.15) is 0 Å². The van der Waals surface area contributed by atoms with Crippen molar-refractivity contribution in [1.29, 1.82) is 0 Å². The van der Waals surface area contributed by atoms with Crippen LogP contribution in [0.25, 0.3) is 11.3 Å². The van der Waals surface area contributed by atoms with Crippen molar-refractivity contribution in [3.63, 3.8) is 0 Å². The lowest BCUT2D eigenvalue weighted by Crippen LogP contribution is -2.33. The highest BCUT2D eigenvalue weighted by atomic mass is 16.5. The zero-order chi connectivity index (χ0) is 23.4. The summed E-state index contributed by atoms with van der Waals surface area (Å²) in [4.78, 5) is 27.0. The number of hydrogen-bond donors (Lipinski definition) is 3. The molecule has 0 radical (unpaired) electrons. The molecule has 0 spiro atoms. The fourth-order valence-electron chi connectivity index (χ4n) is 4.01. The average Bonchev–Trinajstić information content (AvgIpc) is 3.41. The van der Waals surface area contributed by atoms with Crippen LogP contribution in [-0.4, -0.2) is 53.6 Å². The molecule has 0 bridgehead atoms. The first-order valence-corrected chi connectivity index (χ1v) is 11.3. The summed E-state index contributed by atoms with van der Waals surface area (Å²) in [6.07, 6.45) is 5.33. The second-order valence-electron chi connectivity index (χ2n) is 8.40. The summed E-state index contributed by atoms with van der Waals surface area (Å²) in [5.41, 5.74) is 1.61. The van der Waals surface area contributed by atoms with Gasteiger partial charge in [0, 0.05) is 12.6 Å². The predicted octanol–water partition coefficient (Wildman–Crippen LogP) is 1.22. The number of rotatable bonds is 9. The lowest BCUT2D eigenvalue weighted by molar-refractivity contribution is -0.0458. The number of hydrogen-bond acceptors (Lipinski definition) is 7. The van der Waals surface area contributed by atoms with Crippen LogP contribution in [0.4, 0.5) is 0 Å². The second kappa shape index (κ2) is 10.2.